The monoisotopic (exact) mass is 439 g/mol. The van der Waals surface area contributed by atoms with Gasteiger partial charge in [0.15, 0.2) is 0 Å². The van der Waals surface area contributed by atoms with Crippen molar-refractivity contribution in [3.8, 4) is 0 Å². The lowest BCUT2D eigenvalue weighted by atomic mass is 9.73. The smallest absolute Gasteiger partial charge is 0.353 e. The lowest BCUT2D eigenvalue weighted by Crippen LogP contribution is -2.62. The molecule has 9 nitrogen and oxygen atoms in total. The topological polar surface area (TPSA) is 136 Å². The minimum atomic E-state index is -1.12. The van der Waals surface area contributed by atoms with Crippen molar-refractivity contribution >= 4 is 35.3 Å². The molecule has 2 amide bonds. The van der Waals surface area contributed by atoms with Crippen molar-refractivity contribution in [2.75, 3.05) is 19.7 Å². The van der Waals surface area contributed by atoms with Crippen LogP contribution in [-0.2, 0) is 19.2 Å². The fourth-order valence-electron chi connectivity index (χ4n) is 4.82. The summed E-state index contributed by atoms with van der Waals surface area (Å²) in [6.45, 7) is 5.92. The van der Waals surface area contributed by atoms with E-state index in [-0.39, 0.29) is 71.5 Å². The first kappa shape index (κ1) is 22.8. The standard InChI is InChI=1S/C20H29N3O6S/c1-9(6-10(2)25)14-15-11(3)17(16(20(28)29)23(15)19(14)27)30-12-7-13(22-8-12)18(26)21-4-5-24/h9,11-15,22,24H,4-8H2,1-3H3,(H,21,26)(H,28,29)/t9-,11+,12?,13?,14+,15+/m0/s1. The minimum Gasteiger partial charge on any atom is -0.477 e. The molecule has 0 spiro atoms. The van der Waals surface area contributed by atoms with Gasteiger partial charge in [-0.1, -0.05) is 13.8 Å². The first-order valence-electron chi connectivity index (χ1n) is 10.3. The highest BCUT2D eigenvalue weighted by Gasteiger charge is 2.60. The van der Waals surface area contributed by atoms with Gasteiger partial charge < -0.3 is 30.5 Å². The number of fused-ring (bicyclic) bond motifs is 1. The Morgan fingerprint density at radius 2 is 2.07 bits per heavy atom. The van der Waals surface area contributed by atoms with Crippen molar-refractivity contribution in [1.82, 2.24) is 15.5 Å². The molecule has 3 rings (SSSR count). The van der Waals surface area contributed by atoms with Crippen molar-refractivity contribution < 1.29 is 29.4 Å². The predicted molar refractivity (Wildman–Crippen MR) is 110 cm³/mol. The summed E-state index contributed by atoms with van der Waals surface area (Å²) >= 11 is 1.43. The Morgan fingerprint density at radius 1 is 1.37 bits per heavy atom. The van der Waals surface area contributed by atoms with E-state index in [1.807, 2.05) is 13.8 Å². The maximum absolute atomic E-state index is 12.8. The molecule has 3 aliphatic heterocycles. The van der Waals surface area contributed by atoms with Gasteiger partial charge in [-0.25, -0.2) is 4.79 Å². The van der Waals surface area contributed by atoms with Crippen LogP contribution in [0.1, 0.15) is 33.6 Å². The van der Waals surface area contributed by atoms with Crippen LogP contribution in [0.5, 0.6) is 0 Å². The quantitative estimate of drug-likeness (QED) is 0.367. The van der Waals surface area contributed by atoms with Crippen LogP contribution in [0, 0.1) is 17.8 Å². The van der Waals surface area contributed by atoms with Gasteiger partial charge in [-0.2, -0.15) is 0 Å². The van der Waals surface area contributed by atoms with Gasteiger partial charge in [-0.15, -0.1) is 11.8 Å². The number of rotatable bonds is 9. The number of hydrogen-bond acceptors (Lipinski definition) is 7. The average Bonchev–Trinajstić information content (AvgIpc) is 3.22. The number of amides is 2. The van der Waals surface area contributed by atoms with Crippen LogP contribution in [0.2, 0.25) is 0 Å². The molecule has 2 fully saturated rings. The highest BCUT2D eigenvalue weighted by molar-refractivity contribution is 8.03. The van der Waals surface area contributed by atoms with Crippen molar-refractivity contribution in [2.24, 2.45) is 17.8 Å². The van der Waals surface area contributed by atoms with Gasteiger partial charge in [0.1, 0.15) is 11.5 Å². The van der Waals surface area contributed by atoms with E-state index in [1.54, 1.807) is 0 Å². The second-order valence-electron chi connectivity index (χ2n) is 8.37. The summed E-state index contributed by atoms with van der Waals surface area (Å²) < 4.78 is 0. The Kier molecular flexibility index (Phi) is 6.88. The summed E-state index contributed by atoms with van der Waals surface area (Å²) in [6.07, 6.45) is 0.837. The van der Waals surface area contributed by atoms with Gasteiger partial charge in [-0.05, 0) is 19.3 Å². The molecule has 0 aromatic heterocycles. The molecular weight excluding hydrogens is 410 g/mol. The SMILES string of the molecule is CC(=O)C[C@H](C)[C@H]1C(=O)N2C(C(=O)O)=C(SC3CNC(C(=O)NCCO)C3)[C@H](C)[C@H]12. The van der Waals surface area contributed by atoms with Crippen LogP contribution in [0.15, 0.2) is 10.6 Å². The Labute approximate surface area is 179 Å². The zero-order valence-electron chi connectivity index (χ0n) is 17.4. The molecule has 6 atom stereocenters. The van der Waals surface area contributed by atoms with Crippen LogP contribution in [-0.4, -0.2) is 75.7 Å². The number of aliphatic hydroxyl groups excluding tert-OH is 1. The number of nitrogens with one attached hydrogen (secondary N) is 2. The lowest BCUT2D eigenvalue weighted by Gasteiger charge is -2.47. The number of aliphatic carboxylic acids is 1. The van der Waals surface area contributed by atoms with Crippen molar-refractivity contribution in [3.63, 3.8) is 0 Å². The van der Waals surface area contributed by atoms with E-state index >= 15 is 0 Å². The van der Waals surface area contributed by atoms with E-state index in [0.29, 0.717) is 24.3 Å². The van der Waals surface area contributed by atoms with Crippen molar-refractivity contribution in [2.45, 2.75) is 50.9 Å². The summed E-state index contributed by atoms with van der Waals surface area (Å²) in [4.78, 5) is 50.4. The number of thioether (sulfide) groups is 1. The Morgan fingerprint density at radius 3 is 2.67 bits per heavy atom. The lowest BCUT2D eigenvalue weighted by molar-refractivity contribution is -0.160. The number of aliphatic hydroxyl groups is 1. The number of hydrogen-bond donors (Lipinski definition) is 4. The van der Waals surface area contributed by atoms with Crippen LogP contribution >= 0.6 is 11.8 Å². The van der Waals surface area contributed by atoms with Gasteiger partial charge >= 0.3 is 5.97 Å². The third-order valence-electron chi connectivity index (χ3n) is 6.13. The normalized spacial score (nSPS) is 31.4. The molecule has 30 heavy (non-hydrogen) atoms. The summed E-state index contributed by atoms with van der Waals surface area (Å²) in [6, 6.07) is -0.625. The van der Waals surface area contributed by atoms with Crippen LogP contribution in [0.4, 0.5) is 0 Å². The number of carboxylic acid groups (broad SMARTS) is 1. The highest BCUT2D eigenvalue weighted by Crippen LogP contribution is 2.53. The first-order valence-corrected chi connectivity index (χ1v) is 11.1. The van der Waals surface area contributed by atoms with Gasteiger partial charge in [0.2, 0.25) is 11.8 Å². The molecular formula is C20H29N3O6S. The Bertz CT molecular complexity index is 785. The molecule has 10 heteroatoms. The van der Waals surface area contributed by atoms with Crippen LogP contribution in [0.25, 0.3) is 0 Å². The number of carboxylic acids is 1. The molecule has 0 bridgehead atoms. The third-order valence-corrected chi connectivity index (χ3v) is 7.64. The number of carbonyl (C=O) groups is 4. The van der Waals surface area contributed by atoms with Gasteiger partial charge in [0.05, 0.1) is 24.6 Å². The molecule has 3 heterocycles. The van der Waals surface area contributed by atoms with Crippen LogP contribution in [0.3, 0.4) is 0 Å². The molecule has 2 saturated heterocycles. The van der Waals surface area contributed by atoms with Gasteiger partial charge in [-0.3, -0.25) is 9.59 Å². The maximum Gasteiger partial charge on any atom is 0.353 e. The molecule has 3 aliphatic rings. The molecule has 166 valence electrons. The van der Waals surface area contributed by atoms with Gasteiger partial charge in [0.25, 0.3) is 0 Å². The van der Waals surface area contributed by atoms with Gasteiger partial charge in [0, 0.05) is 35.6 Å². The summed E-state index contributed by atoms with van der Waals surface area (Å²) in [7, 11) is 0. The molecule has 0 aliphatic carbocycles. The molecule has 4 N–H and O–H groups in total. The first-order chi connectivity index (χ1) is 14.2. The number of Topliss-reactive ketones (excluding diaryl/α,β-unsaturated/α-hetero) is 1. The molecule has 0 saturated carbocycles. The third kappa shape index (κ3) is 4.13. The maximum atomic E-state index is 12.8. The zero-order chi connectivity index (χ0) is 22.2. The summed E-state index contributed by atoms with van der Waals surface area (Å²) in [5.74, 6) is -2.14. The highest BCUT2D eigenvalue weighted by atomic mass is 32.2. The Balaban J connectivity index is 1.72. The predicted octanol–water partition coefficient (Wildman–Crippen LogP) is -0.0533. The average molecular weight is 440 g/mol. The number of ketones is 1. The number of carbonyl (C=O) groups excluding carboxylic acids is 3. The molecule has 0 aromatic rings. The number of β-lactam (4-membered cyclic amide) rings is 1. The van der Waals surface area contributed by atoms with E-state index < -0.39 is 5.97 Å². The minimum absolute atomic E-state index is 0.00331. The molecule has 0 aromatic carbocycles. The Hall–Kier alpha value is -1.91. The largest absolute Gasteiger partial charge is 0.477 e. The second-order valence-corrected chi connectivity index (χ2v) is 9.71. The number of nitrogens with zero attached hydrogens (tertiary/aromatic N) is 1. The van der Waals surface area contributed by atoms with E-state index in [9.17, 15) is 24.3 Å². The summed E-state index contributed by atoms with van der Waals surface area (Å²) in [5.41, 5.74) is 0.0435. The molecule has 2 unspecified atom stereocenters. The van der Waals surface area contributed by atoms with Crippen LogP contribution < -0.4 is 10.6 Å². The van der Waals surface area contributed by atoms with Crippen molar-refractivity contribution in [1.29, 1.82) is 0 Å². The second kappa shape index (κ2) is 9.07. The fraction of sp³-hybridized carbons (Fsp3) is 0.700. The zero-order valence-corrected chi connectivity index (χ0v) is 18.2. The summed E-state index contributed by atoms with van der Waals surface area (Å²) in [5, 5.41) is 24.4. The fourth-order valence-corrected chi connectivity index (χ4v) is 6.30. The van der Waals surface area contributed by atoms with E-state index in [0.717, 1.165) is 0 Å². The molecule has 0 radical (unpaired) electrons. The van der Waals surface area contributed by atoms with E-state index in [4.69, 9.17) is 5.11 Å². The van der Waals surface area contributed by atoms with E-state index in [1.165, 1.54) is 23.6 Å². The van der Waals surface area contributed by atoms with E-state index in [2.05, 4.69) is 10.6 Å². The van der Waals surface area contributed by atoms with Crippen molar-refractivity contribution in [3.05, 3.63) is 10.6 Å².